The summed E-state index contributed by atoms with van der Waals surface area (Å²) < 4.78 is 6.37. The Morgan fingerprint density at radius 1 is 1.26 bits per heavy atom. The van der Waals surface area contributed by atoms with E-state index in [9.17, 15) is 5.11 Å². The van der Waals surface area contributed by atoms with Gasteiger partial charge in [-0.25, -0.2) is 0 Å². The van der Waals surface area contributed by atoms with Crippen molar-refractivity contribution in [1.29, 1.82) is 0 Å². The Morgan fingerprint density at radius 3 is 2.26 bits per heavy atom. The van der Waals surface area contributed by atoms with E-state index >= 15 is 0 Å². The predicted molar refractivity (Wildman–Crippen MR) is 83.5 cm³/mol. The highest BCUT2D eigenvalue weighted by Gasteiger charge is 2.43. The molecule has 0 spiro atoms. The molecule has 0 saturated heterocycles. The normalized spacial score (nSPS) is 34.6. The second-order valence-electron chi connectivity index (χ2n) is 7.55. The Hall–Kier alpha value is 0.137. The lowest BCUT2D eigenvalue weighted by Gasteiger charge is -2.47. The molecule has 0 bridgehead atoms. The molecule has 1 aliphatic carbocycles. The fraction of sp³-hybridized carbons (Fsp3) is 1.00. The quantitative estimate of drug-likeness (QED) is 0.788. The van der Waals surface area contributed by atoms with Crippen molar-refractivity contribution in [3.05, 3.63) is 0 Å². The van der Waals surface area contributed by atoms with Crippen molar-refractivity contribution >= 4 is 9.04 Å². The Bertz CT molecular complexity index is 272. The number of hydrogen-bond donors (Lipinski definition) is 1. The summed E-state index contributed by atoms with van der Waals surface area (Å²) >= 11 is 0. The summed E-state index contributed by atoms with van der Waals surface area (Å²) in [5.41, 5.74) is 0.182. The van der Waals surface area contributed by atoms with Crippen LogP contribution in [-0.2, 0) is 4.43 Å². The first-order valence-electron chi connectivity index (χ1n) is 7.83. The van der Waals surface area contributed by atoms with Crippen LogP contribution in [0, 0.1) is 23.2 Å². The second kappa shape index (κ2) is 6.73. The summed E-state index contributed by atoms with van der Waals surface area (Å²) in [6.07, 6.45) is 3.35. The molecule has 0 aromatic rings. The van der Waals surface area contributed by atoms with Gasteiger partial charge in [0.25, 0.3) is 0 Å². The van der Waals surface area contributed by atoms with Crippen molar-refractivity contribution in [2.24, 2.45) is 23.2 Å². The molecular weight excluding hydrogens is 252 g/mol. The lowest BCUT2D eigenvalue weighted by Crippen LogP contribution is -2.47. The molecule has 2 nitrogen and oxygen atoms in total. The van der Waals surface area contributed by atoms with Gasteiger partial charge in [0.15, 0.2) is 0 Å². The van der Waals surface area contributed by atoms with Crippen molar-refractivity contribution in [2.45, 2.75) is 79.2 Å². The van der Waals surface area contributed by atoms with Crippen LogP contribution < -0.4 is 0 Å². The van der Waals surface area contributed by atoms with E-state index in [2.05, 4.69) is 47.7 Å². The first-order chi connectivity index (χ1) is 8.68. The molecule has 19 heavy (non-hydrogen) atoms. The topological polar surface area (TPSA) is 29.5 Å². The number of aliphatic hydroxyl groups is 1. The van der Waals surface area contributed by atoms with Crippen molar-refractivity contribution in [3.63, 3.8) is 0 Å². The standard InChI is InChI=1S/C16H33O2Si/c1-8-12-11(2)13(9-10-14(12)17)15(16(3,4)5)18-19(6)7/h11-15,17H,8-10H2,1-7H3. The zero-order valence-corrected chi connectivity index (χ0v) is 14.9. The minimum atomic E-state index is -0.687. The zero-order chi connectivity index (χ0) is 14.8. The molecule has 1 rings (SSSR count). The van der Waals surface area contributed by atoms with Gasteiger partial charge in [-0.15, -0.1) is 0 Å². The number of rotatable bonds is 4. The minimum absolute atomic E-state index is 0.107. The smallest absolute Gasteiger partial charge is 0.205 e. The summed E-state index contributed by atoms with van der Waals surface area (Å²) in [5.74, 6) is 1.59. The van der Waals surface area contributed by atoms with Crippen molar-refractivity contribution in [3.8, 4) is 0 Å². The molecule has 0 aromatic carbocycles. The van der Waals surface area contributed by atoms with Gasteiger partial charge in [0.05, 0.1) is 12.2 Å². The average Bonchev–Trinajstić information content (AvgIpc) is 2.26. The molecule has 1 N–H and O–H groups in total. The molecule has 0 amide bonds. The highest BCUT2D eigenvalue weighted by atomic mass is 28.3. The highest BCUT2D eigenvalue weighted by molar-refractivity contribution is 6.48. The van der Waals surface area contributed by atoms with E-state index in [0.29, 0.717) is 23.9 Å². The largest absolute Gasteiger partial charge is 0.413 e. The third-order valence-electron chi connectivity index (χ3n) is 4.72. The summed E-state index contributed by atoms with van der Waals surface area (Å²) in [6.45, 7) is 15.9. The number of aliphatic hydroxyl groups excluding tert-OH is 1. The molecule has 1 fully saturated rings. The molecule has 5 atom stereocenters. The Balaban J connectivity index is 2.89. The van der Waals surface area contributed by atoms with Gasteiger partial charge in [-0.1, -0.05) is 41.0 Å². The molecule has 3 heteroatoms. The molecule has 5 unspecified atom stereocenters. The molecule has 113 valence electrons. The van der Waals surface area contributed by atoms with Gasteiger partial charge in [-0.05, 0) is 49.1 Å². The fourth-order valence-electron chi connectivity index (χ4n) is 3.74. The van der Waals surface area contributed by atoms with Crippen LogP contribution in [0.25, 0.3) is 0 Å². The summed E-state index contributed by atoms with van der Waals surface area (Å²) in [7, 11) is -0.687. The van der Waals surface area contributed by atoms with Gasteiger partial charge < -0.3 is 9.53 Å². The molecule has 0 aliphatic heterocycles. The van der Waals surface area contributed by atoms with Gasteiger partial charge in [-0.2, -0.15) is 0 Å². The Morgan fingerprint density at radius 2 is 1.84 bits per heavy atom. The van der Waals surface area contributed by atoms with Crippen LogP contribution >= 0.6 is 0 Å². The molecule has 1 aliphatic rings. The van der Waals surface area contributed by atoms with E-state index in [1.54, 1.807) is 0 Å². The molecular formula is C16H33O2Si. The SMILES string of the molecule is CCC1C(O)CCC(C(O[Si](C)C)C(C)(C)C)C1C. The van der Waals surface area contributed by atoms with Gasteiger partial charge in [0.1, 0.15) is 0 Å². The summed E-state index contributed by atoms with van der Waals surface area (Å²) in [4.78, 5) is 0. The molecule has 1 radical (unpaired) electrons. The van der Waals surface area contributed by atoms with Crippen LogP contribution in [-0.4, -0.2) is 26.4 Å². The average molecular weight is 286 g/mol. The minimum Gasteiger partial charge on any atom is -0.413 e. The zero-order valence-electron chi connectivity index (χ0n) is 13.9. The highest BCUT2D eigenvalue weighted by Crippen LogP contribution is 2.43. The van der Waals surface area contributed by atoms with Gasteiger partial charge in [-0.3, -0.25) is 0 Å². The summed E-state index contributed by atoms with van der Waals surface area (Å²) in [5, 5.41) is 10.2. The second-order valence-corrected chi connectivity index (χ2v) is 9.60. The van der Waals surface area contributed by atoms with Crippen LogP contribution in [0.5, 0.6) is 0 Å². The first kappa shape index (κ1) is 17.2. The van der Waals surface area contributed by atoms with Crippen molar-refractivity contribution in [1.82, 2.24) is 0 Å². The van der Waals surface area contributed by atoms with Crippen molar-refractivity contribution in [2.75, 3.05) is 0 Å². The third-order valence-corrected chi connectivity index (χ3v) is 5.44. The summed E-state index contributed by atoms with van der Waals surface area (Å²) in [6, 6.07) is 0. The van der Waals surface area contributed by atoms with Crippen LogP contribution in [0.1, 0.15) is 53.9 Å². The maximum absolute atomic E-state index is 10.2. The maximum atomic E-state index is 10.2. The number of hydrogen-bond acceptors (Lipinski definition) is 2. The van der Waals surface area contributed by atoms with Gasteiger partial charge >= 0.3 is 0 Å². The Labute approximate surface area is 121 Å². The van der Waals surface area contributed by atoms with E-state index in [1.165, 1.54) is 0 Å². The first-order valence-corrected chi connectivity index (χ1v) is 10.2. The predicted octanol–water partition coefficient (Wildman–Crippen LogP) is 4.10. The van der Waals surface area contributed by atoms with Crippen molar-refractivity contribution < 1.29 is 9.53 Å². The maximum Gasteiger partial charge on any atom is 0.205 e. The van der Waals surface area contributed by atoms with E-state index in [4.69, 9.17) is 4.43 Å². The fourth-order valence-corrected chi connectivity index (χ4v) is 4.78. The molecule has 0 heterocycles. The van der Waals surface area contributed by atoms with Crippen LogP contribution in [0.15, 0.2) is 0 Å². The van der Waals surface area contributed by atoms with E-state index in [1.807, 2.05) is 0 Å². The van der Waals surface area contributed by atoms with Crippen LogP contribution in [0.2, 0.25) is 13.1 Å². The van der Waals surface area contributed by atoms with Crippen LogP contribution in [0.4, 0.5) is 0 Å². The van der Waals surface area contributed by atoms with E-state index in [0.717, 1.165) is 19.3 Å². The van der Waals surface area contributed by atoms with Gasteiger partial charge in [0.2, 0.25) is 9.04 Å². The lowest BCUT2D eigenvalue weighted by atomic mass is 9.64. The van der Waals surface area contributed by atoms with E-state index < -0.39 is 9.04 Å². The van der Waals surface area contributed by atoms with E-state index in [-0.39, 0.29) is 11.5 Å². The van der Waals surface area contributed by atoms with Crippen LogP contribution in [0.3, 0.4) is 0 Å². The molecule has 1 saturated carbocycles. The van der Waals surface area contributed by atoms with Gasteiger partial charge in [0, 0.05) is 0 Å². The third kappa shape index (κ3) is 4.30. The Kier molecular flexibility index (Phi) is 6.09. The monoisotopic (exact) mass is 285 g/mol. The lowest BCUT2D eigenvalue weighted by molar-refractivity contribution is -0.0623. The molecule has 0 aromatic heterocycles.